The van der Waals surface area contributed by atoms with E-state index in [1.807, 2.05) is 18.3 Å². The van der Waals surface area contributed by atoms with Gasteiger partial charge in [0.1, 0.15) is 11.5 Å². The van der Waals surface area contributed by atoms with Crippen LogP contribution >= 0.6 is 0 Å². The molecule has 0 spiro atoms. The van der Waals surface area contributed by atoms with Crippen LogP contribution in [0.25, 0.3) is 22.2 Å². The Bertz CT molecular complexity index is 884. The second-order valence-corrected chi connectivity index (χ2v) is 6.38. The van der Waals surface area contributed by atoms with E-state index in [-0.39, 0.29) is 12.2 Å². The number of hydrogen-bond donors (Lipinski definition) is 1. The van der Waals surface area contributed by atoms with Crippen molar-refractivity contribution in [2.45, 2.75) is 26.1 Å². The first kappa shape index (κ1) is 15.8. The first-order valence-electron chi connectivity index (χ1n) is 8.39. The fraction of sp³-hybridized carbons (Fsp3) is 0.389. The molecule has 0 unspecified atom stereocenters. The normalized spacial score (nSPS) is 20.8. The summed E-state index contributed by atoms with van der Waals surface area (Å²) in [5.74, 6) is 1.49. The molecule has 0 amide bonds. The third-order valence-electron chi connectivity index (χ3n) is 4.40. The minimum absolute atomic E-state index is 0.185. The molecular formula is C18H21N5O2. The maximum Gasteiger partial charge on any atom is 0.224 e. The van der Waals surface area contributed by atoms with Gasteiger partial charge in [0.15, 0.2) is 0 Å². The number of hydrogen-bond acceptors (Lipinski definition) is 6. The number of aromatic amines is 1. The Morgan fingerprint density at radius 3 is 2.68 bits per heavy atom. The van der Waals surface area contributed by atoms with Gasteiger partial charge in [-0.05, 0) is 32.0 Å². The topological polar surface area (TPSA) is 76.2 Å². The Balaban J connectivity index is 1.75. The van der Waals surface area contributed by atoms with E-state index in [0.29, 0.717) is 5.88 Å². The van der Waals surface area contributed by atoms with Crippen LogP contribution in [0.15, 0.2) is 30.6 Å². The summed E-state index contributed by atoms with van der Waals surface area (Å²) in [6.45, 7) is 5.83. The fourth-order valence-corrected chi connectivity index (χ4v) is 3.40. The summed E-state index contributed by atoms with van der Waals surface area (Å²) in [4.78, 5) is 11.1. The van der Waals surface area contributed by atoms with Crippen LogP contribution in [0.2, 0.25) is 0 Å². The highest BCUT2D eigenvalue weighted by molar-refractivity contribution is 5.96. The lowest BCUT2D eigenvalue weighted by molar-refractivity contribution is -0.00545. The van der Waals surface area contributed by atoms with E-state index in [1.54, 1.807) is 13.3 Å². The van der Waals surface area contributed by atoms with Crippen LogP contribution in [0.4, 0.5) is 5.82 Å². The number of nitrogens with one attached hydrogen (secondary N) is 1. The van der Waals surface area contributed by atoms with Gasteiger partial charge in [-0.2, -0.15) is 5.10 Å². The molecule has 0 aliphatic carbocycles. The van der Waals surface area contributed by atoms with Gasteiger partial charge in [0.2, 0.25) is 5.88 Å². The number of H-pyrrole nitrogens is 1. The third-order valence-corrected chi connectivity index (χ3v) is 4.40. The largest absolute Gasteiger partial charge is 0.480 e. The molecular weight excluding hydrogens is 318 g/mol. The zero-order valence-corrected chi connectivity index (χ0v) is 14.6. The van der Waals surface area contributed by atoms with Crippen molar-refractivity contribution in [3.8, 4) is 17.1 Å². The molecule has 4 heterocycles. The second kappa shape index (κ2) is 6.33. The summed E-state index contributed by atoms with van der Waals surface area (Å²) in [5.41, 5.74) is 2.70. The van der Waals surface area contributed by atoms with Crippen molar-refractivity contribution in [3.63, 3.8) is 0 Å². The lowest BCUT2D eigenvalue weighted by Crippen LogP contribution is -2.45. The van der Waals surface area contributed by atoms with Crippen LogP contribution in [-0.4, -0.2) is 52.6 Å². The zero-order valence-electron chi connectivity index (χ0n) is 14.6. The zero-order chi connectivity index (χ0) is 17.4. The lowest BCUT2D eigenvalue weighted by atomic mass is 10.1. The van der Waals surface area contributed by atoms with Crippen molar-refractivity contribution in [1.82, 2.24) is 20.2 Å². The van der Waals surface area contributed by atoms with Gasteiger partial charge in [-0.15, -0.1) is 0 Å². The van der Waals surface area contributed by atoms with Crippen molar-refractivity contribution in [3.05, 3.63) is 30.6 Å². The Morgan fingerprint density at radius 1 is 1.16 bits per heavy atom. The minimum atomic E-state index is 0.185. The number of morpholine rings is 1. The highest BCUT2D eigenvalue weighted by atomic mass is 16.5. The number of rotatable bonds is 3. The summed E-state index contributed by atoms with van der Waals surface area (Å²) >= 11 is 0. The molecule has 3 aromatic rings. The van der Waals surface area contributed by atoms with E-state index in [1.165, 1.54) is 0 Å². The Hall–Kier alpha value is -2.67. The van der Waals surface area contributed by atoms with Crippen molar-refractivity contribution in [1.29, 1.82) is 0 Å². The predicted molar refractivity (Wildman–Crippen MR) is 95.9 cm³/mol. The summed E-state index contributed by atoms with van der Waals surface area (Å²) in [6, 6.07) is 5.91. The van der Waals surface area contributed by atoms with Crippen LogP contribution in [0.3, 0.4) is 0 Å². The van der Waals surface area contributed by atoms with Crippen LogP contribution in [0.1, 0.15) is 13.8 Å². The van der Waals surface area contributed by atoms with Crippen molar-refractivity contribution in [2.24, 2.45) is 0 Å². The molecule has 7 nitrogen and oxygen atoms in total. The standard InChI is InChI=1S/C18H21N5O2/c1-11-9-23(10-12(2)25-11)15-8-13(4-6-19-15)17-16-14(21-22-17)5-7-20-18(16)24-3/h4-8,11-12H,9-10H2,1-3H3,(H,21,22)/t11-,12+. The number of fused-ring (bicyclic) bond motifs is 1. The number of methoxy groups -OCH3 is 1. The maximum absolute atomic E-state index is 5.82. The van der Waals surface area contributed by atoms with Gasteiger partial charge in [0.05, 0.1) is 30.2 Å². The third kappa shape index (κ3) is 2.91. The first-order chi connectivity index (χ1) is 12.2. The van der Waals surface area contributed by atoms with E-state index in [9.17, 15) is 0 Å². The Labute approximate surface area is 146 Å². The van der Waals surface area contributed by atoms with Gasteiger partial charge in [0, 0.05) is 31.0 Å². The second-order valence-electron chi connectivity index (χ2n) is 6.38. The first-order valence-corrected chi connectivity index (χ1v) is 8.39. The molecule has 25 heavy (non-hydrogen) atoms. The summed E-state index contributed by atoms with van der Waals surface area (Å²) in [5, 5.41) is 8.41. The number of pyridine rings is 2. The molecule has 3 aromatic heterocycles. The molecule has 130 valence electrons. The molecule has 1 fully saturated rings. The molecule has 0 bridgehead atoms. The molecule has 1 aliphatic rings. The van der Waals surface area contributed by atoms with Gasteiger partial charge in [-0.3, -0.25) is 5.10 Å². The SMILES string of the molecule is COc1nccc2[nH]nc(-c3ccnc(N4C[C@@H](C)O[C@@H](C)C4)c3)c12. The smallest absolute Gasteiger partial charge is 0.224 e. The minimum Gasteiger partial charge on any atom is -0.480 e. The van der Waals surface area contributed by atoms with E-state index >= 15 is 0 Å². The Kier molecular flexibility index (Phi) is 4.01. The molecule has 4 rings (SSSR count). The average molecular weight is 339 g/mol. The Morgan fingerprint density at radius 2 is 1.92 bits per heavy atom. The average Bonchev–Trinajstić information content (AvgIpc) is 3.05. The molecule has 1 N–H and O–H groups in total. The van der Waals surface area contributed by atoms with Crippen molar-refractivity contribution in [2.75, 3.05) is 25.1 Å². The number of anilines is 1. The molecule has 0 radical (unpaired) electrons. The van der Waals surface area contributed by atoms with Crippen LogP contribution in [0.5, 0.6) is 5.88 Å². The predicted octanol–water partition coefficient (Wildman–Crippen LogP) is 2.64. The van der Waals surface area contributed by atoms with E-state index in [2.05, 4.69) is 45.0 Å². The maximum atomic E-state index is 5.82. The molecule has 7 heteroatoms. The van der Waals surface area contributed by atoms with Gasteiger partial charge in [0.25, 0.3) is 0 Å². The highest BCUT2D eigenvalue weighted by Crippen LogP contribution is 2.33. The van der Waals surface area contributed by atoms with Crippen LogP contribution < -0.4 is 9.64 Å². The van der Waals surface area contributed by atoms with Crippen LogP contribution in [-0.2, 0) is 4.74 Å². The highest BCUT2D eigenvalue weighted by Gasteiger charge is 2.24. The van der Waals surface area contributed by atoms with E-state index in [4.69, 9.17) is 9.47 Å². The van der Waals surface area contributed by atoms with E-state index in [0.717, 1.165) is 41.1 Å². The summed E-state index contributed by atoms with van der Waals surface area (Å²) in [6.07, 6.45) is 3.89. The van der Waals surface area contributed by atoms with Gasteiger partial charge in [-0.1, -0.05) is 0 Å². The number of nitrogens with zero attached hydrogens (tertiary/aromatic N) is 4. The number of aromatic nitrogens is 4. The number of ether oxygens (including phenoxy) is 2. The lowest BCUT2D eigenvalue weighted by Gasteiger charge is -2.36. The van der Waals surface area contributed by atoms with Gasteiger partial charge >= 0.3 is 0 Å². The summed E-state index contributed by atoms with van der Waals surface area (Å²) < 4.78 is 11.2. The van der Waals surface area contributed by atoms with Crippen molar-refractivity contribution < 1.29 is 9.47 Å². The van der Waals surface area contributed by atoms with Crippen LogP contribution in [0, 0.1) is 0 Å². The molecule has 1 aliphatic heterocycles. The molecule has 0 aromatic carbocycles. The molecule has 1 saturated heterocycles. The van der Waals surface area contributed by atoms with Gasteiger partial charge in [-0.25, -0.2) is 9.97 Å². The van der Waals surface area contributed by atoms with Gasteiger partial charge < -0.3 is 14.4 Å². The fourth-order valence-electron chi connectivity index (χ4n) is 3.40. The van der Waals surface area contributed by atoms with E-state index < -0.39 is 0 Å². The quantitative estimate of drug-likeness (QED) is 0.790. The summed E-state index contributed by atoms with van der Waals surface area (Å²) in [7, 11) is 1.62. The monoisotopic (exact) mass is 339 g/mol. The molecule has 0 saturated carbocycles. The molecule has 2 atom stereocenters. The van der Waals surface area contributed by atoms with Crippen molar-refractivity contribution >= 4 is 16.7 Å².